The van der Waals surface area contributed by atoms with Gasteiger partial charge in [0.15, 0.2) is 0 Å². The Labute approximate surface area is 262 Å². The molecule has 0 bridgehead atoms. The summed E-state index contributed by atoms with van der Waals surface area (Å²) in [6.45, 7) is 0. The normalized spacial score (nSPS) is 12.1. The summed E-state index contributed by atoms with van der Waals surface area (Å²) in [6.07, 6.45) is 0. The van der Waals surface area contributed by atoms with E-state index in [0.717, 1.165) is 0 Å². The Morgan fingerprint density at radius 2 is 0.795 bits per heavy atom. The molecule has 2 heteroatoms. The van der Waals surface area contributed by atoms with Crippen LogP contribution >= 0.6 is 22.7 Å². The Bertz CT molecular complexity index is 2710. The zero-order valence-corrected chi connectivity index (χ0v) is 25.3. The predicted octanol–water partition coefficient (Wildman–Crippen LogP) is 13.2. The van der Waals surface area contributed by atoms with Gasteiger partial charge in [-0.2, -0.15) is 0 Å². The van der Waals surface area contributed by atoms with Crippen LogP contribution in [0.25, 0.3) is 94.9 Å². The van der Waals surface area contributed by atoms with Crippen LogP contribution in [0.15, 0.2) is 146 Å². The van der Waals surface area contributed by atoms with E-state index in [2.05, 4.69) is 146 Å². The molecule has 10 rings (SSSR count). The summed E-state index contributed by atoms with van der Waals surface area (Å²) in [5.74, 6) is 0. The summed E-state index contributed by atoms with van der Waals surface area (Å²) in [5.41, 5.74) is 5.18. The Morgan fingerprint density at radius 3 is 1.50 bits per heavy atom. The zero-order valence-electron chi connectivity index (χ0n) is 23.7. The van der Waals surface area contributed by atoms with Crippen LogP contribution in [-0.4, -0.2) is 0 Å². The van der Waals surface area contributed by atoms with Gasteiger partial charge in [-0.15, -0.1) is 22.7 Å². The number of fused-ring (bicyclic) bond motifs is 9. The molecule has 0 aliphatic carbocycles. The van der Waals surface area contributed by atoms with Crippen molar-refractivity contribution < 1.29 is 0 Å². The van der Waals surface area contributed by atoms with E-state index < -0.39 is 0 Å². The third-order valence-electron chi connectivity index (χ3n) is 9.25. The number of hydrogen-bond acceptors (Lipinski definition) is 2. The smallest absolute Gasteiger partial charge is 0.0362 e. The lowest BCUT2D eigenvalue weighted by molar-refractivity contribution is 1.69. The molecule has 0 atom stereocenters. The van der Waals surface area contributed by atoms with Gasteiger partial charge < -0.3 is 0 Å². The van der Waals surface area contributed by atoms with Gasteiger partial charge in [0.05, 0.1) is 0 Å². The molecule has 2 heterocycles. The first-order valence-corrected chi connectivity index (χ1v) is 16.6. The molecule has 0 saturated heterocycles. The summed E-state index contributed by atoms with van der Waals surface area (Å²) in [6, 6.07) is 54.1. The van der Waals surface area contributed by atoms with Crippen molar-refractivity contribution in [2.75, 3.05) is 0 Å². The topological polar surface area (TPSA) is 0 Å². The van der Waals surface area contributed by atoms with E-state index in [9.17, 15) is 0 Å². The lowest BCUT2D eigenvalue weighted by Gasteiger charge is -2.19. The minimum atomic E-state index is 1.27. The lowest BCUT2D eigenvalue weighted by Crippen LogP contribution is -1.91. The molecule has 0 spiro atoms. The van der Waals surface area contributed by atoms with Crippen LogP contribution in [0.2, 0.25) is 0 Å². The van der Waals surface area contributed by atoms with Crippen molar-refractivity contribution in [3.8, 4) is 22.3 Å². The third kappa shape index (κ3) is 3.44. The van der Waals surface area contributed by atoms with Crippen molar-refractivity contribution in [2.45, 2.75) is 0 Å². The van der Waals surface area contributed by atoms with Crippen LogP contribution in [0, 0.1) is 0 Å². The summed E-state index contributed by atoms with van der Waals surface area (Å²) < 4.78 is 5.41. The highest BCUT2D eigenvalue weighted by Gasteiger charge is 2.19. The quantitative estimate of drug-likeness (QED) is 0.175. The van der Waals surface area contributed by atoms with Crippen molar-refractivity contribution in [1.29, 1.82) is 0 Å². The molecule has 10 aromatic rings. The average Bonchev–Trinajstić information content (AvgIpc) is 3.62. The Hall–Kier alpha value is -5.02. The molecule has 0 aliphatic heterocycles. The number of hydrogen-bond donors (Lipinski definition) is 0. The number of rotatable bonds is 2. The van der Waals surface area contributed by atoms with Crippen molar-refractivity contribution in [1.82, 2.24) is 0 Å². The SMILES string of the molecule is c1ccc2c(-c3c4ccccc4c(-c4ccc5sc6cc7c(cc6c5c4)sc4ccccc47)c4ccccc34)cccc2c1. The summed E-state index contributed by atoms with van der Waals surface area (Å²) >= 11 is 3.80. The maximum Gasteiger partial charge on any atom is 0.0362 e. The molecule has 0 nitrogen and oxygen atoms in total. The standard InChI is InChI=1S/C42H24S2/c1-2-12-27-25(10-1)11-9-18-29(27)42-32-16-5-3-14-30(32)41(31-15-4-6-17-33(31)42)26-20-21-38-34(22-26)36-24-39-35(23-40(36)44-38)28-13-7-8-19-37(28)43-39/h1-24H. The largest absolute Gasteiger partial charge is 0.135 e. The first kappa shape index (κ1) is 24.4. The van der Waals surface area contributed by atoms with Gasteiger partial charge in [-0.1, -0.05) is 115 Å². The van der Waals surface area contributed by atoms with Crippen molar-refractivity contribution in [2.24, 2.45) is 0 Å². The van der Waals surface area contributed by atoms with Crippen LogP contribution < -0.4 is 0 Å². The molecule has 0 aliphatic rings. The summed E-state index contributed by atoms with van der Waals surface area (Å²) in [7, 11) is 0. The van der Waals surface area contributed by atoms with Crippen LogP contribution in [-0.2, 0) is 0 Å². The van der Waals surface area contributed by atoms with Crippen molar-refractivity contribution in [3.05, 3.63) is 146 Å². The van der Waals surface area contributed by atoms with Gasteiger partial charge in [-0.25, -0.2) is 0 Å². The monoisotopic (exact) mass is 592 g/mol. The molecule has 0 amide bonds. The van der Waals surface area contributed by atoms with E-state index >= 15 is 0 Å². The highest BCUT2D eigenvalue weighted by molar-refractivity contribution is 7.27. The van der Waals surface area contributed by atoms with Crippen LogP contribution in [0.4, 0.5) is 0 Å². The Balaban J connectivity index is 1.28. The van der Waals surface area contributed by atoms with E-state index in [4.69, 9.17) is 0 Å². The molecule has 0 saturated carbocycles. The fraction of sp³-hybridized carbons (Fsp3) is 0. The second-order valence-electron chi connectivity index (χ2n) is 11.6. The molecule has 8 aromatic carbocycles. The lowest BCUT2D eigenvalue weighted by atomic mass is 9.84. The number of thiophene rings is 2. The molecule has 44 heavy (non-hydrogen) atoms. The van der Waals surface area contributed by atoms with Crippen LogP contribution in [0.1, 0.15) is 0 Å². The van der Waals surface area contributed by atoms with E-state index in [1.54, 1.807) is 0 Å². The van der Waals surface area contributed by atoms with Crippen molar-refractivity contribution >= 4 is 95.3 Å². The van der Waals surface area contributed by atoms with Gasteiger partial charge in [0.25, 0.3) is 0 Å². The molecule has 204 valence electrons. The molecular weight excluding hydrogens is 569 g/mol. The first-order chi connectivity index (χ1) is 21.8. The maximum atomic E-state index is 2.44. The highest BCUT2D eigenvalue weighted by Crippen LogP contribution is 2.47. The molecule has 2 aromatic heterocycles. The summed E-state index contributed by atoms with van der Waals surface area (Å²) in [5, 5.41) is 13.1. The van der Waals surface area contributed by atoms with E-state index in [1.807, 2.05) is 22.7 Å². The molecule has 0 radical (unpaired) electrons. The second-order valence-corrected chi connectivity index (χ2v) is 13.8. The molecule has 0 fully saturated rings. The van der Waals surface area contributed by atoms with Gasteiger partial charge in [-0.05, 0) is 84.9 Å². The fourth-order valence-electron chi connectivity index (χ4n) is 7.32. The minimum Gasteiger partial charge on any atom is -0.135 e. The third-order valence-corrected chi connectivity index (χ3v) is 11.5. The molecular formula is C42H24S2. The predicted molar refractivity (Wildman–Crippen MR) is 196 cm³/mol. The zero-order chi connectivity index (χ0) is 28.8. The van der Waals surface area contributed by atoms with Gasteiger partial charge >= 0.3 is 0 Å². The highest BCUT2D eigenvalue weighted by atomic mass is 32.1. The summed E-state index contributed by atoms with van der Waals surface area (Å²) in [4.78, 5) is 0. The van der Waals surface area contributed by atoms with Gasteiger partial charge in [0.1, 0.15) is 0 Å². The van der Waals surface area contributed by atoms with Crippen LogP contribution in [0.3, 0.4) is 0 Å². The van der Waals surface area contributed by atoms with Gasteiger partial charge in [-0.3, -0.25) is 0 Å². The first-order valence-electron chi connectivity index (χ1n) is 15.0. The number of benzene rings is 8. The maximum absolute atomic E-state index is 2.44. The molecule has 0 N–H and O–H groups in total. The van der Waals surface area contributed by atoms with E-state index in [1.165, 1.54) is 94.9 Å². The minimum absolute atomic E-state index is 1.27. The van der Waals surface area contributed by atoms with Gasteiger partial charge in [0, 0.05) is 40.3 Å². The van der Waals surface area contributed by atoms with Gasteiger partial charge in [0.2, 0.25) is 0 Å². The van der Waals surface area contributed by atoms with E-state index in [0.29, 0.717) is 0 Å². The Kier molecular flexibility index (Phi) is 5.13. The average molecular weight is 593 g/mol. The molecule has 0 unspecified atom stereocenters. The Morgan fingerprint density at radius 1 is 0.295 bits per heavy atom. The van der Waals surface area contributed by atoms with Crippen LogP contribution in [0.5, 0.6) is 0 Å². The van der Waals surface area contributed by atoms with Crippen molar-refractivity contribution in [3.63, 3.8) is 0 Å². The fourth-order valence-corrected chi connectivity index (χ4v) is 9.56. The van der Waals surface area contributed by atoms with E-state index in [-0.39, 0.29) is 0 Å². The second kappa shape index (κ2) is 9.24.